The lowest BCUT2D eigenvalue weighted by Crippen LogP contribution is -1.96. The van der Waals surface area contributed by atoms with E-state index in [0.29, 0.717) is 0 Å². The number of hydrogen-bond donors (Lipinski definition) is 0. The van der Waals surface area contributed by atoms with E-state index in [1.807, 2.05) is 30.3 Å². The zero-order chi connectivity index (χ0) is 12.5. The Hall–Kier alpha value is -2.01. The molecule has 0 aliphatic heterocycles. The smallest absolute Gasteiger partial charge is 0.119 e. The van der Waals surface area contributed by atoms with Gasteiger partial charge in [0.2, 0.25) is 0 Å². The second-order valence-electron chi connectivity index (χ2n) is 3.72. The molecule has 0 aliphatic rings. The first kappa shape index (κ1) is 13.1. The summed E-state index contributed by atoms with van der Waals surface area (Å²) in [6.07, 6.45) is 5.30. The van der Waals surface area contributed by atoms with Crippen molar-refractivity contribution >= 4 is 5.57 Å². The minimum atomic E-state index is 0.737. The predicted octanol–water partition coefficient (Wildman–Crippen LogP) is 3.96. The highest BCUT2D eigenvalue weighted by atomic mass is 16.5. The molecule has 1 aromatic rings. The van der Waals surface area contributed by atoms with E-state index in [0.717, 1.165) is 36.3 Å². The molecule has 0 bridgehead atoms. The largest absolute Gasteiger partial charge is 0.494 e. The number of unbranched alkanes of at least 4 members (excludes halogenated alkanes) is 1. The summed E-state index contributed by atoms with van der Waals surface area (Å²) in [5.74, 6) is 0.849. The van der Waals surface area contributed by atoms with Crippen LogP contribution in [0.15, 0.2) is 43.0 Å². The second-order valence-corrected chi connectivity index (χ2v) is 3.72. The van der Waals surface area contributed by atoms with Gasteiger partial charge in [-0.05, 0) is 35.8 Å². The van der Waals surface area contributed by atoms with Crippen molar-refractivity contribution in [3.05, 3.63) is 48.6 Å². The highest BCUT2D eigenvalue weighted by Gasteiger charge is 1.98. The van der Waals surface area contributed by atoms with E-state index >= 15 is 0 Å². The number of nitriles is 1. The maximum atomic E-state index is 8.46. The summed E-state index contributed by atoms with van der Waals surface area (Å²) >= 11 is 0. The Labute approximate surface area is 103 Å². The summed E-state index contributed by atoms with van der Waals surface area (Å²) in [6.45, 7) is 6.78. The summed E-state index contributed by atoms with van der Waals surface area (Å²) in [7, 11) is 0. The van der Waals surface area contributed by atoms with Crippen molar-refractivity contribution in [2.24, 2.45) is 0 Å². The van der Waals surface area contributed by atoms with Gasteiger partial charge in [0.25, 0.3) is 0 Å². The van der Waals surface area contributed by atoms with Gasteiger partial charge in [0.15, 0.2) is 0 Å². The summed E-state index contributed by atoms with van der Waals surface area (Å²) < 4.78 is 5.61. The zero-order valence-corrected chi connectivity index (χ0v) is 10.1. The van der Waals surface area contributed by atoms with Gasteiger partial charge in [0.1, 0.15) is 5.75 Å². The Morgan fingerprint density at radius 1 is 1.53 bits per heavy atom. The lowest BCUT2D eigenvalue weighted by Gasteiger charge is -2.07. The minimum Gasteiger partial charge on any atom is -0.494 e. The van der Waals surface area contributed by atoms with Crippen LogP contribution in [0.1, 0.15) is 25.3 Å². The van der Waals surface area contributed by atoms with Crippen molar-refractivity contribution < 1.29 is 4.74 Å². The van der Waals surface area contributed by atoms with Crippen molar-refractivity contribution in [1.82, 2.24) is 0 Å². The first-order chi connectivity index (χ1) is 8.27. The highest BCUT2D eigenvalue weighted by molar-refractivity contribution is 5.73. The molecular formula is C15H17NO. The first-order valence-electron chi connectivity index (χ1n) is 5.76. The molecule has 0 fully saturated rings. The number of benzene rings is 1. The van der Waals surface area contributed by atoms with Crippen LogP contribution in [0, 0.1) is 11.3 Å². The third-order valence-electron chi connectivity index (χ3n) is 2.33. The Morgan fingerprint density at radius 3 is 3.06 bits per heavy atom. The van der Waals surface area contributed by atoms with Crippen molar-refractivity contribution in [3.8, 4) is 11.8 Å². The van der Waals surface area contributed by atoms with Gasteiger partial charge in [-0.15, -0.1) is 0 Å². The molecule has 0 N–H and O–H groups in total. The lowest BCUT2D eigenvalue weighted by atomic mass is 10.1. The van der Waals surface area contributed by atoms with Crippen LogP contribution in [0.2, 0.25) is 0 Å². The highest BCUT2D eigenvalue weighted by Crippen LogP contribution is 2.20. The quantitative estimate of drug-likeness (QED) is 0.418. The maximum absolute atomic E-state index is 8.46. The normalized spacial score (nSPS) is 10.1. The molecule has 0 aliphatic carbocycles. The molecule has 2 heteroatoms. The predicted molar refractivity (Wildman–Crippen MR) is 70.6 cm³/mol. The van der Waals surface area contributed by atoms with E-state index in [9.17, 15) is 0 Å². The summed E-state index contributed by atoms with van der Waals surface area (Å²) in [5, 5.41) is 8.46. The maximum Gasteiger partial charge on any atom is 0.119 e. The summed E-state index contributed by atoms with van der Waals surface area (Å²) in [6, 6.07) is 9.72. The number of allylic oxidation sites excluding steroid dienone is 3. The number of nitrogens with zero attached hydrogens (tertiary/aromatic N) is 1. The minimum absolute atomic E-state index is 0.737. The van der Waals surface area contributed by atoms with Gasteiger partial charge >= 0.3 is 0 Å². The zero-order valence-electron chi connectivity index (χ0n) is 10.1. The topological polar surface area (TPSA) is 33.0 Å². The molecule has 17 heavy (non-hydrogen) atoms. The fraction of sp³-hybridized carbons (Fsp3) is 0.267. The molecular weight excluding hydrogens is 210 g/mol. The van der Waals surface area contributed by atoms with Gasteiger partial charge < -0.3 is 4.74 Å². The molecule has 88 valence electrons. The molecule has 1 aromatic carbocycles. The Bertz CT molecular complexity index is 440. The SMILES string of the molecule is C=C(/C=C/C#N)c1cccc(OCCCC)c1. The Balaban J connectivity index is 2.69. The molecule has 1 rings (SSSR count). The lowest BCUT2D eigenvalue weighted by molar-refractivity contribution is 0.309. The van der Waals surface area contributed by atoms with E-state index < -0.39 is 0 Å². The van der Waals surface area contributed by atoms with Crippen LogP contribution < -0.4 is 4.74 Å². The molecule has 0 unspecified atom stereocenters. The summed E-state index contributed by atoms with van der Waals surface area (Å²) in [4.78, 5) is 0. The molecule has 0 saturated heterocycles. The molecule has 0 aromatic heterocycles. The summed E-state index contributed by atoms with van der Waals surface area (Å²) in [5.41, 5.74) is 1.79. The van der Waals surface area contributed by atoms with Gasteiger partial charge in [0.05, 0.1) is 12.7 Å². The van der Waals surface area contributed by atoms with Crippen LogP contribution in [0.3, 0.4) is 0 Å². The van der Waals surface area contributed by atoms with Gasteiger partial charge in [-0.2, -0.15) is 5.26 Å². The van der Waals surface area contributed by atoms with E-state index in [4.69, 9.17) is 10.00 Å². The van der Waals surface area contributed by atoms with E-state index in [1.54, 1.807) is 6.08 Å². The van der Waals surface area contributed by atoms with E-state index in [2.05, 4.69) is 13.5 Å². The molecule has 0 atom stereocenters. The molecule has 0 saturated carbocycles. The number of rotatable bonds is 6. The van der Waals surface area contributed by atoms with Crippen LogP contribution in [0.4, 0.5) is 0 Å². The van der Waals surface area contributed by atoms with Gasteiger partial charge in [-0.1, -0.05) is 32.1 Å². The van der Waals surface area contributed by atoms with Crippen molar-refractivity contribution in [1.29, 1.82) is 5.26 Å². The number of ether oxygens (including phenoxy) is 1. The van der Waals surface area contributed by atoms with Crippen molar-refractivity contribution in [2.75, 3.05) is 6.61 Å². The van der Waals surface area contributed by atoms with Crippen molar-refractivity contribution in [3.63, 3.8) is 0 Å². The Kier molecular flexibility index (Phi) is 5.60. The average Bonchev–Trinajstić information content (AvgIpc) is 2.36. The molecule has 2 nitrogen and oxygen atoms in total. The van der Waals surface area contributed by atoms with Gasteiger partial charge in [0, 0.05) is 6.08 Å². The molecule has 0 radical (unpaired) electrons. The monoisotopic (exact) mass is 227 g/mol. The van der Waals surface area contributed by atoms with Gasteiger partial charge in [-0.3, -0.25) is 0 Å². The fourth-order valence-corrected chi connectivity index (χ4v) is 1.35. The van der Waals surface area contributed by atoms with Crippen LogP contribution in [-0.4, -0.2) is 6.61 Å². The van der Waals surface area contributed by atoms with E-state index in [-0.39, 0.29) is 0 Å². The third-order valence-corrected chi connectivity index (χ3v) is 2.33. The van der Waals surface area contributed by atoms with Crippen LogP contribution in [-0.2, 0) is 0 Å². The molecule has 0 spiro atoms. The van der Waals surface area contributed by atoms with Crippen molar-refractivity contribution in [2.45, 2.75) is 19.8 Å². The van der Waals surface area contributed by atoms with Crippen LogP contribution in [0.5, 0.6) is 5.75 Å². The number of hydrogen-bond acceptors (Lipinski definition) is 2. The van der Waals surface area contributed by atoms with E-state index in [1.165, 1.54) is 6.08 Å². The van der Waals surface area contributed by atoms with Gasteiger partial charge in [-0.25, -0.2) is 0 Å². The fourth-order valence-electron chi connectivity index (χ4n) is 1.35. The third kappa shape index (κ3) is 4.56. The van der Waals surface area contributed by atoms with Crippen LogP contribution in [0.25, 0.3) is 5.57 Å². The average molecular weight is 227 g/mol. The second kappa shape index (κ2) is 7.29. The Morgan fingerprint density at radius 2 is 2.35 bits per heavy atom. The molecule has 0 heterocycles. The molecule has 0 amide bonds. The van der Waals surface area contributed by atoms with Crippen LogP contribution >= 0.6 is 0 Å². The first-order valence-corrected chi connectivity index (χ1v) is 5.76. The standard InChI is InChI=1S/C15H17NO/c1-3-4-11-17-15-9-5-8-14(12-15)13(2)7-6-10-16/h5-9,12H,2-4,11H2,1H3/b7-6+.